The highest BCUT2D eigenvalue weighted by molar-refractivity contribution is 6.45. The monoisotopic (exact) mass is 1500 g/mol. The number of carboxylic acids is 1. The van der Waals surface area contributed by atoms with E-state index in [2.05, 4.69) is 54.0 Å². The number of primary amides is 1. The molecule has 0 fully saturated rings. The molecule has 13 N–H and O–H groups in total. The molecule has 106 heavy (non-hydrogen) atoms. The molecule has 34 heteroatoms. The van der Waals surface area contributed by atoms with Gasteiger partial charge < -0.3 is 95.1 Å². The number of benzene rings is 2. The van der Waals surface area contributed by atoms with Crippen molar-refractivity contribution in [3.63, 3.8) is 0 Å². The number of esters is 1. The summed E-state index contributed by atoms with van der Waals surface area (Å²) in [6.07, 6.45) is 3.52. The Kier molecular flexibility index (Phi) is 32.1. The van der Waals surface area contributed by atoms with Gasteiger partial charge in [-0.25, -0.2) is 23.8 Å². The molecule has 0 radical (unpaired) electrons. The fourth-order valence-corrected chi connectivity index (χ4v) is 14.1. The van der Waals surface area contributed by atoms with Crippen molar-refractivity contribution in [1.82, 2.24) is 46.4 Å². The van der Waals surface area contributed by atoms with E-state index in [9.17, 15) is 63.3 Å². The van der Waals surface area contributed by atoms with Gasteiger partial charge in [0.2, 0.25) is 29.5 Å². The molecule has 2 aliphatic heterocycles. The van der Waals surface area contributed by atoms with Crippen LogP contribution < -0.4 is 53.5 Å². The highest BCUT2D eigenvalue weighted by atomic mass is 28.2. The van der Waals surface area contributed by atoms with E-state index in [1.54, 1.807) is 45.9 Å². The summed E-state index contributed by atoms with van der Waals surface area (Å²) in [7, 11) is -1.82. The van der Waals surface area contributed by atoms with Crippen LogP contribution in [0.2, 0.25) is 5.54 Å². The number of rotatable bonds is 43. The number of aliphatic carboxylic acids is 1. The Bertz CT molecular complexity index is 3890. The third-order valence-electron chi connectivity index (χ3n) is 18.5. The molecule has 7 atom stereocenters. The molecule has 32 nitrogen and oxygen atoms in total. The summed E-state index contributed by atoms with van der Waals surface area (Å²) in [4.78, 5) is 139. The predicted molar refractivity (Wildman–Crippen MR) is 383 cm³/mol. The molecule has 0 spiro atoms. The summed E-state index contributed by atoms with van der Waals surface area (Å²) in [6, 6.07) is 5.19. The number of carboxylic acid groups (broad SMARTS) is 1. The topological polar surface area (TPSA) is 445 Å². The lowest BCUT2D eigenvalue weighted by molar-refractivity contribution is -0.172. The maximum atomic E-state index is 15.4. The number of fused-ring (bicyclic) bond motifs is 5. The number of pyridine rings is 2. The molecule has 2 aliphatic carbocycles. The van der Waals surface area contributed by atoms with Crippen molar-refractivity contribution in [3.05, 3.63) is 91.5 Å². The van der Waals surface area contributed by atoms with E-state index >= 15 is 4.39 Å². The van der Waals surface area contributed by atoms with Gasteiger partial charge in [0, 0.05) is 66.2 Å². The fraction of sp³-hybridized carbons (Fsp3) is 0.569. The van der Waals surface area contributed by atoms with E-state index in [0.717, 1.165) is 37.7 Å². The molecular weight excluding hydrogens is 1400 g/mol. The van der Waals surface area contributed by atoms with Gasteiger partial charge in [-0.3, -0.25) is 44.2 Å². The number of nitrogens with one attached hydrogen (secondary N) is 8. The predicted octanol–water partition coefficient (Wildman–Crippen LogP) is 2.11. The molecule has 8 rings (SSSR count). The number of nitrogens with two attached hydrogens (primary N) is 1. The Morgan fingerprint density at radius 1 is 0.840 bits per heavy atom. The van der Waals surface area contributed by atoms with Crippen molar-refractivity contribution in [2.75, 3.05) is 91.2 Å². The molecule has 0 saturated heterocycles. The molecule has 2 aromatic heterocycles. The minimum Gasteiger partial charge on any atom is -0.481 e. The van der Waals surface area contributed by atoms with Gasteiger partial charge in [-0.05, 0) is 111 Å². The van der Waals surface area contributed by atoms with E-state index in [4.69, 9.17) is 48.6 Å². The number of aliphatic hydroxyl groups excluding tert-OH is 1. The van der Waals surface area contributed by atoms with Gasteiger partial charge in [-0.2, -0.15) is 0 Å². The molecule has 578 valence electrons. The van der Waals surface area contributed by atoms with Crippen LogP contribution in [-0.2, 0) is 103 Å². The van der Waals surface area contributed by atoms with Gasteiger partial charge >= 0.3 is 24.1 Å². The number of aromatic nitrogens is 2. The van der Waals surface area contributed by atoms with Gasteiger partial charge in [0.25, 0.3) is 5.56 Å². The van der Waals surface area contributed by atoms with E-state index in [1.165, 1.54) is 22.8 Å². The highest BCUT2D eigenvalue weighted by Gasteiger charge is 2.46. The lowest BCUT2D eigenvalue weighted by atomic mass is 9.81. The second-order valence-corrected chi connectivity index (χ2v) is 28.2. The Labute approximate surface area is 614 Å². The van der Waals surface area contributed by atoms with Crippen LogP contribution in [0.3, 0.4) is 0 Å². The number of alkyl carbamates (subject to hydrolysis) is 1. The Morgan fingerprint density at radius 3 is 2.27 bits per heavy atom. The van der Waals surface area contributed by atoms with Crippen LogP contribution in [-0.4, -0.2) is 198 Å². The lowest BCUT2D eigenvalue weighted by Gasteiger charge is -2.31. The van der Waals surface area contributed by atoms with Gasteiger partial charge in [-0.1, -0.05) is 45.2 Å². The van der Waals surface area contributed by atoms with Gasteiger partial charge in [0.15, 0.2) is 5.60 Å². The maximum absolute atomic E-state index is 15.4. The number of amides is 8. The van der Waals surface area contributed by atoms with E-state index < -0.39 is 129 Å². The molecule has 2 unspecified atom stereocenters. The first-order chi connectivity index (χ1) is 50.9. The standard InChI is InChI=1S/C72H98FN11O21Si/c1-5-72(97)50-34-55-64-48(36-84(55)68(93)49(50)38-104-69(72)94)62-52(20-19-47-43(4)51(73)35-54(80-64)61(47)62)79-59(87)39-102-41-77-71(96)105-37-44-15-17-45(18-16-44)78-65(90)53(14-11-24-76-70(74)95)81-67(92)63(42(2)3)82-66(91)56(21-22-60(88)89)106-83-57(85)23-26-98-28-30-100-32-33-101-31-29-99-27-25-75-58(86)40-103-46-12-9-7-6-8-10-13-46/h15-18,34-35,42,46,52-53,56,58,63,75,86,97H,5-9,11-12,14,19-33,36-41,106H2,1-4H3,(H,77,96)(H,78,90)(H,79,87)(H,81,92)(H,82,91)(H,83,85)(H,88,89)(H3,74,76,95)/t46?,52-,53-,56-,58?,63-,72-/m0/s1. The molecule has 4 aliphatic rings. The van der Waals surface area contributed by atoms with Crippen molar-refractivity contribution < 1.29 is 101 Å². The van der Waals surface area contributed by atoms with Crippen molar-refractivity contribution in [3.8, 4) is 23.2 Å². The van der Waals surface area contributed by atoms with Crippen LogP contribution in [0, 0.1) is 30.5 Å². The number of carbonyl (C=O) groups excluding carboxylic acids is 8. The maximum Gasteiger partial charge on any atom is 0.409 e. The number of anilines is 1. The smallest absolute Gasteiger partial charge is 0.409 e. The number of cyclic esters (lactones) is 1. The summed E-state index contributed by atoms with van der Waals surface area (Å²) in [5, 5.41) is 50.7. The van der Waals surface area contributed by atoms with Crippen molar-refractivity contribution in [1.29, 1.82) is 0 Å². The number of aliphatic hydroxyl groups is 2. The number of aryl methyl sites for hydroxylation is 1. The number of hydrogen-bond donors (Lipinski definition) is 12. The molecular formula is C72H98FN11O21Si. The summed E-state index contributed by atoms with van der Waals surface area (Å²) < 4.78 is 60.9. The average Bonchev–Trinajstić information content (AvgIpc) is 1.51. The third-order valence-corrected chi connectivity index (χ3v) is 20.4. The van der Waals surface area contributed by atoms with Crippen molar-refractivity contribution in [2.24, 2.45) is 11.7 Å². The zero-order valence-corrected chi connectivity index (χ0v) is 61.7. The molecule has 0 bridgehead atoms. The van der Waals surface area contributed by atoms with Crippen LogP contribution in [0.15, 0.2) is 41.2 Å². The first-order valence-electron chi connectivity index (χ1n) is 35.9. The van der Waals surface area contributed by atoms with Gasteiger partial charge in [0.1, 0.15) is 66.5 Å². The minimum atomic E-state index is -2.06. The highest BCUT2D eigenvalue weighted by Crippen LogP contribution is 2.46. The number of ether oxygens (including phenoxy) is 8. The number of carbonyl (C=O) groups is 9. The van der Waals surface area contributed by atoms with Crippen LogP contribution in [0.1, 0.15) is 143 Å². The second kappa shape index (κ2) is 41.2. The molecule has 2 aromatic carbocycles. The van der Waals surface area contributed by atoms with Crippen LogP contribution in [0.4, 0.5) is 19.7 Å². The van der Waals surface area contributed by atoms with Crippen LogP contribution >= 0.6 is 0 Å². The van der Waals surface area contributed by atoms with E-state index in [0.29, 0.717) is 97.0 Å². The number of halogens is 1. The second-order valence-electron chi connectivity index (χ2n) is 26.5. The Morgan fingerprint density at radius 2 is 1.57 bits per heavy atom. The summed E-state index contributed by atoms with van der Waals surface area (Å²) in [6.45, 7) is 7.99. The Hall–Kier alpha value is -9.02. The largest absolute Gasteiger partial charge is 0.481 e. The number of nitrogens with zero attached hydrogens (tertiary/aromatic N) is 2. The van der Waals surface area contributed by atoms with Crippen molar-refractivity contribution >= 4 is 79.9 Å². The minimum absolute atomic E-state index is 0.00300. The van der Waals surface area contributed by atoms with Crippen LogP contribution in [0.5, 0.6) is 0 Å². The van der Waals surface area contributed by atoms with E-state index in [1.807, 2.05) is 0 Å². The fourth-order valence-electron chi connectivity index (χ4n) is 12.7. The SMILES string of the molecule is CC[C@@]1(O)C(=O)OCc2c1cc1n(c2=O)Cc2c-1nc1cc(F)c(C)c3c1c2[C@@H](NC(=O)COCNC(=O)OCc1ccc(NC(=O)[C@H](CCCNC(N)=O)NC(=O)[C@@H](NC(=O)[C@H](CCC(=O)O)[SiH2]NC(=O)CCOCCOCCOCCOCCNC(O)COC2C#CCCCCC2)C(C)C)cc1)CC3. The summed E-state index contributed by atoms with van der Waals surface area (Å²) in [5.41, 5.74) is 6.20. The first-order valence-corrected chi connectivity index (χ1v) is 37.4. The summed E-state index contributed by atoms with van der Waals surface area (Å²) >= 11 is 0. The van der Waals surface area contributed by atoms with Crippen LogP contribution in [0.25, 0.3) is 22.3 Å². The summed E-state index contributed by atoms with van der Waals surface area (Å²) in [5.74, 6) is 0.167. The molecule has 4 heterocycles. The third kappa shape index (κ3) is 23.7. The Balaban J connectivity index is 0.731. The zero-order valence-electron chi connectivity index (χ0n) is 60.3. The molecule has 0 saturated carbocycles. The molecule has 4 aromatic rings. The average molecular weight is 1500 g/mol. The normalized spacial score (nSPS) is 17.6. The zero-order chi connectivity index (χ0) is 76.3. The first kappa shape index (κ1) is 82.6. The van der Waals surface area contributed by atoms with Gasteiger partial charge in [-0.15, -0.1) is 5.92 Å². The van der Waals surface area contributed by atoms with Crippen molar-refractivity contribution in [2.45, 2.75) is 173 Å². The van der Waals surface area contributed by atoms with E-state index in [-0.39, 0.29) is 114 Å². The van der Waals surface area contributed by atoms with Gasteiger partial charge in [0.05, 0.1) is 94.5 Å². The number of hydrogen-bond acceptors (Lipinski definition) is 22. The molecule has 8 amide bonds. The lowest BCUT2D eigenvalue weighted by Crippen LogP contribution is -2.55. The quantitative estimate of drug-likeness (QED) is 0.00874. The number of urea groups is 1.